The number of anilines is 2. The van der Waals surface area contributed by atoms with Crippen LogP contribution in [0.25, 0.3) is 10.2 Å². The van der Waals surface area contributed by atoms with Crippen LogP contribution in [0.4, 0.5) is 11.5 Å². The third-order valence-corrected chi connectivity index (χ3v) is 6.36. The van der Waals surface area contributed by atoms with Crippen molar-refractivity contribution >= 4 is 50.6 Å². The number of amides is 1. The zero-order valence-electron chi connectivity index (χ0n) is 15.6. The second kappa shape index (κ2) is 7.09. The van der Waals surface area contributed by atoms with Crippen LogP contribution in [0.5, 0.6) is 0 Å². The molecule has 0 aliphatic carbocycles. The average Bonchev–Trinajstić information content (AvgIpc) is 3.26. The summed E-state index contributed by atoms with van der Waals surface area (Å²) < 4.78 is 0. The van der Waals surface area contributed by atoms with Crippen molar-refractivity contribution in [2.75, 3.05) is 23.3 Å². The minimum absolute atomic E-state index is 0.133. The van der Waals surface area contributed by atoms with E-state index in [4.69, 9.17) is 16.6 Å². The first-order valence-electron chi connectivity index (χ1n) is 9.04. The summed E-state index contributed by atoms with van der Waals surface area (Å²) in [6.07, 6.45) is 2.35. The Morgan fingerprint density at radius 3 is 2.67 bits per heavy atom. The fourth-order valence-corrected chi connectivity index (χ4v) is 4.79. The number of carbonyl (C=O) groups is 1. The number of halogens is 1. The molecule has 0 spiro atoms. The first kappa shape index (κ1) is 18.2. The number of benzene rings is 1. The van der Waals surface area contributed by atoms with Gasteiger partial charge < -0.3 is 10.2 Å². The van der Waals surface area contributed by atoms with E-state index in [0.717, 1.165) is 51.8 Å². The van der Waals surface area contributed by atoms with Crippen LogP contribution >= 0.6 is 22.9 Å². The Morgan fingerprint density at radius 1 is 1.19 bits per heavy atom. The second-order valence-electron chi connectivity index (χ2n) is 6.94. The SMILES string of the molecule is Cc1nc(N2CCCC2)c2c(C)c(C(=O)Nc3cc(Cl)ccc3C)sc2n1. The topological polar surface area (TPSA) is 58.1 Å². The average molecular weight is 401 g/mol. The number of hydrogen-bond acceptors (Lipinski definition) is 5. The van der Waals surface area contributed by atoms with E-state index < -0.39 is 0 Å². The fraction of sp³-hybridized carbons (Fsp3) is 0.350. The lowest BCUT2D eigenvalue weighted by molar-refractivity contribution is 0.103. The van der Waals surface area contributed by atoms with E-state index in [1.165, 1.54) is 24.2 Å². The Balaban J connectivity index is 1.76. The van der Waals surface area contributed by atoms with Crippen LogP contribution in [0.1, 0.15) is 39.5 Å². The van der Waals surface area contributed by atoms with Crippen LogP contribution in [0, 0.1) is 20.8 Å². The summed E-state index contributed by atoms with van der Waals surface area (Å²) in [5.41, 5.74) is 2.64. The summed E-state index contributed by atoms with van der Waals surface area (Å²) in [7, 11) is 0. The molecular weight excluding hydrogens is 380 g/mol. The van der Waals surface area contributed by atoms with Gasteiger partial charge in [-0.25, -0.2) is 9.97 Å². The number of fused-ring (bicyclic) bond motifs is 1. The van der Waals surface area contributed by atoms with E-state index >= 15 is 0 Å². The summed E-state index contributed by atoms with van der Waals surface area (Å²) in [6, 6.07) is 5.49. The summed E-state index contributed by atoms with van der Waals surface area (Å²) in [6.45, 7) is 7.85. The van der Waals surface area contributed by atoms with Crippen molar-refractivity contribution in [2.24, 2.45) is 0 Å². The predicted molar refractivity (Wildman–Crippen MR) is 112 cm³/mol. The van der Waals surface area contributed by atoms with Gasteiger partial charge in [0.25, 0.3) is 5.91 Å². The molecule has 5 nitrogen and oxygen atoms in total. The van der Waals surface area contributed by atoms with E-state index in [0.29, 0.717) is 9.90 Å². The van der Waals surface area contributed by atoms with Gasteiger partial charge in [0, 0.05) is 23.8 Å². The van der Waals surface area contributed by atoms with Crippen molar-refractivity contribution in [2.45, 2.75) is 33.6 Å². The first-order chi connectivity index (χ1) is 12.9. The number of carbonyl (C=O) groups excluding carboxylic acids is 1. The molecule has 1 N–H and O–H groups in total. The third-order valence-electron chi connectivity index (χ3n) is 4.94. The van der Waals surface area contributed by atoms with E-state index in [9.17, 15) is 4.79 Å². The summed E-state index contributed by atoms with van der Waals surface area (Å²) in [5, 5.41) is 4.60. The van der Waals surface area contributed by atoms with Gasteiger partial charge in [-0.05, 0) is 56.9 Å². The van der Waals surface area contributed by atoms with Gasteiger partial charge in [-0.3, -0.25) is 4.79 Å². The van der Waals surface area contributed by atoms with Crippen LogP contribution in [-0.2, 0) is 0 Å². The lowest BCUT2D eigenvalue weighted by atomic mass is 10.1. The maximum absolute atomic E-state index is 13.0. The summed E-state index contributed by atoms with van der Waals surface area (Å²) in [5.74, 6) is 1.57. The highest BCUT2D eigenvalue weighted by atomic mass is 35.5. The van der Waals surface area contributed by atoms with Gasteiger partial charge in [0.05, 0.1) is 10.3 Å². The number of nitrogens with one attached hydrogen (secondary N) is 1. The number of hydrogen-bond donors (Lipinski definition) is 1. The van der Waals surface area contributed by atoms with E-state index in [-0.39, 0.29) is 5.91 Å². The fourth-order valence-electron chi connectivity index (χ4n) is 3.50. The normalized spacial score (nSPS) is 14.1. The molecule has 0 unspecified atom stereocenters. The van der Waals surface area contributed by atoms with Gasteiger partial charge in [-0.15, -0.1) is 11.3 Å². The molecule has 27 heavy (non-hydrogen) atoms. The Labute approximate surface area is 167 Å². The van der Waals surface area contributed by atoms with Gasteiger partial charge in [0.15, 0.2) is 0 Å². The zero-order chi connectivity index (χ0) is 19.1. The van der Waals surface area contributed by atoms with Crippen LogP contribution in [0.15, 0.2) is 18.2 Å². The number of thiophene rings is 1. The number of aromatic nitrogens is 2. The molecule has 3 heterocycles. The molecule has 1 aliphatic heterocycles. The molecule has 0 bridgehead atoms. The molecule has 1 fully saturated rings. The molecule has 0 atom stereocenters. The zero-order valence-corrected chi connectivity index (χ0v) is 17.2. The molecule has 3 aromatic rings. The Kier molecular flexibility index (Phi) is 4.78. The van der Waals surface area contributed by atoms with Crippen LogP contribution in [-0.4, -0.2) is 29.0 Å². The smallest absolute Gasteiger partial charge is 0.266 e. The van der Waals surface area contributed by atoms with Gasteiger partial charge in [-0.1, -0.05) is 17.7 Å². The molecule has 1 saturated heterocycles. The molecule has 140 valence electrons. The quantitative estimate of drug-likeness (QED) is 0.662. The van der Waals surface area contributed by atoms with E-state index in [1.54, 1.807) is 6.07 Å². The lowest BCUT2D eigenvalue weighted by Gasteiger charge is -2.18. The van der Waals surface area contributed by atoms with Crippen LogP contribution in [0.2, 0.25) is 5.02 Å². The van der Waals surface area contributed by atoms with Crippen LogP contribution < -0.4 is 10.2 Å². The number of rotatable bonds is 3. The maximum Gasteiger partial charge on any atom is 0.266 e. The Hall–Kier alpha value is -2.18. The van der Waals surface area contributed by atoms with Crippen molar-refractivity contribution in [3.05, 3.63) is 45.1 Å². The molecular formula is C20H21ClN4OS. The maximum atomic E-state index is 13.0. The molecule has 1 amide bonds. The largest absolute Gasteiger partial charge is 0.356 e. The molecule has 0 saturated carbocycles. The minimum Gasteiger partial charge on any atom is -0.356 e. The Bertz CT molecular complexity index is 1040. The number of aryl methyl sites for hydroxylation is 3. The highest BCUT2D eigenvalue weighted by Gasteiger charge is 2.24. The van der Waals surface area contributed by atoms with Crippen molar-refractivity contribution in [3.8, 4) is 0 Å². The van der Waals surface area contributed by atoms with Crippen molar-refractivity contribution in [3.63, 3.8) is 0 Å². The third kappa shape index (κ3) is 3.39. The first-order valence-corrected chi connectivity index (χ1v) is 10.2. The second-order valence-corrected chi connectivity index (χ2v) is 8.37. The minimum atomic E-state index is -0.133. The molecule has 7 heteroatoms. The molecule has 1 aromatic carbocycles. The summed E-state index contributed by atoms with van der Waals surface area (Å²) in [4.78, 5) is 26.1. The highest BCUT2D eigenvalue weighted by Crippen LogP contribution is 2.37. The molecule has 1 aliphatic rings. The molecule has 4 rings (SSSR count). The molecule has 0 radical (unpaired) electrons. The van der Waals surface area contributed by atoms with Gasteiger partial charge in [0.1, 0.15) is 16.5 Å². The van der Waals surface area contributed by atoms with Gasteiger partial charge >= 0.3 is 0 Å². The van der Waals surface area contributed by atoms with Gasteiger partial charge in [-0.2, -0.15) is 0 Å². The van der Waals surface area contributed by atoms with E-state index in [1.807, 2.05) is 32.9 Å². The van der Waals surface area contributed by atoms with Crippen molar-refractivity contribution in [1.29, 1.82) is 0 Å². The standard InChI is InChI=1S/C20H21ClN4OS/c1-11-6-7-14(21)10-15(11)24-19(26)17-12(2)16-18(25-8-4-5-9-25)22-13(3)23-20(16)27-17/h6-7,10H,4-5,8-9H2,1-3H3,(H,24,26). The molecule has 2 aromatic heterocycles. The van der Waals surface area contributed by atoms with Gasteiger partial charge in [0.2, 0.25) is 0 Å². The van der Waals surface area contributed by atoms with Crippen molar-refractivity contribution < 1.29 is 4.79 Å². The summed E-state index contributed by atoms with van der Waals surface area (Å²) >= 11 is 7.51. The van der Waals surface area contributed by atoms with Crippen LogP contribution in [0.3, 0.4) is 0 Å². The monoisotopic (exact) mass is 400 g/mol. The van der Waals surface area contributed by atoms with E-state index in [2.05, 4.69) is 15.2 Å². The Morgan fingerprint density at radius 2 is 1.93 bits per heavy atom. The highest BCUT2D eigenvalue weighted by molar-refractivity contribution is 7.20. The lowest BCUT2D eigenvalue weighted by Crippen LogP contribution is -2.20. The number of nitrogens with zero attached hydrogens (tertiary/aromatic N) is 3. The van der Waals surface area contributed by atoms with Crippen molar-refractivity contribution in [1.82, 2.24) is 9.97 Å². The predicted octanol–water partition coefficient (Wildman–Crippen LogP) is 5.12.